The van der Waals surface area contributed by atoms with Crippen LogP contribution in [-0.4, -0.2) is 60.0 Å². The van der Waals surface area contributed by atoms with Crippen LogP contribution in [0.2, 0.25) is 5.02 Å². The molecule has 38 heavy (non-hydrogen) atoms. The monoisotopic (exact) mass is 555 g/mol. The number of hydrogen-bond acceptors (Lipinski definition) is 7. The number of esters is 1. The minimum Gasteiger partial charge on any atom is -0.448 e. The van der Waals surface area contributed by atoms with Gasteiger partial charge in [0.15, 0.2) is 0 Å². The van der Waals surface area contributed by atoms with Gasteiger partial charge in [-0.3, -0.25) is 4.79 Å². The Morgan fingerprint density at radius 3 is 1.82 bits per heavy atom. The Kier molecular flexibility index (Phi) is 12.4. The van der Waals surface area contributed by atoms with Gasteiger partial charge in [0.1, 0.15) is 17.2 Å². The molecule has 0 saturated heterocycles. The lowest BCUT2D eigenvalue weighted by atomic mass is 9.99. The third kappa shape index (κ3) is 12.5. The zero-order chi connectivity index (χ0) is 29.3. The van der Waals surface area contributed by atoms with Crippen LogP contribution < -0.4 is 16.0 Å². The van der Waals surface area contributed by atoms with Crippen molar-refractivity contribution in [3.05, 3.63) is 34.9 Å². The summed E-state index contributed by atoms with van der Waals surface area (Å²) in [5, 5.41) is 8.36. The maximum Gasteiger partial charge on any atom is 0.408 e. The van der Waals surface area contributed by atoms with Gasteiger partial charge < -0.3 is 30.2 Å². The number of ether oxygens (including phenoxy) is 3. The van der Waals surface area contributed by atoms with E-state index in [0.29, 0.717) is 5.02 Å². The van der Waals surface area contributed by atoms with Crippen molar-refractivity contribution in [2.45, 2.75) is 98.1 Å². The average Bonchev–Trinajstić information content (AvgIpc) is 2.74. The van der Waals surface area contributed by atoms with E-state index in [1.807, 2.05) is 0 Å². The quantitative estimate of drug-likeness (QED) is 0.288. The van der Waals surface area contributed by atoms with E-state index in [2.05, 4.69) is 16.0 Å². The molecule has 0 aromatic heterocycles. The van der Waals surface area contributed by atoms with E-state index in [0.717, 1.165) is 5.56 Å². The predicted octanol–water partition coefficient (Wildman–Crippen LogP) is 4.37. The van der Waals surface area contributed by atoms with Crippen LogP contribution in [0.3, 0.4) is 0 Å². The van der Waals surface area contributed by atoms with E-state index in [4.69, 9.17) is 25.8 Å². The van der Waals surface area contributed by atoms with Crippen LogP contribution in [0, 0.1) is 5.92 Å². The summed E-state index contributed by atoms with van der Waals surface area (Å²) in [6.45, 7) is 15.6. The number of carbonyl (C=O) groups excluding carboxylic acids is 4. The van der Waals surface area contributed by atoms with Gasteiger partial charge in [-0.05, 0) is 78.5 Å². The number of hydrogen-bond donors (Lipinski definition) is 3. The van der Waals surface area contributed by atoms with Crippen molar-refractivity contribution in [2.24, 2.45) is 5.92 Å². The molecule has 10 nitrogen and oxygen atoms in total. The van der Waals surface area contributed by atoms with Crippen LogP contribution in [0.5, 0.6) is 0 Å². The van der Waals surface area contributed by atoms with Crippen molar-refractivity contribution in [3.63, 3.8) is 0 Å². The van der Waals surface area contributed by atoms with Gasteiger partial charge in [0.05, 0.1) is 6.04 Å². The molecule has 0 bridgehead atoms. The second-order valence-corrected chi connectivity index (χ2v) is 11.6. The van der Waals surface area contributed by atoms with Gasteiger partial charge in [-0.15, -0.1) is 0 Å². The number of likely N-dealkylation sites (N-methyl/N-ethyl adjacent to an activating group) is 1. The van der Waals surface area contributed by atoms with Gasteiger partial charge in [0, 0.05) is 11.6 Å². The van der Waals surface area contributed by atoms with Crippen LogP contribution in [0.4, 0.5) is 9.59 Å². The van der Waals surface area contributed by atoms with Gasteiger partial charge in [-0.25, -0.2) is 14.4 Å². The molecule has 3 N–H and O–H groups in total. The first-order valence-electron chi connectivity index (χ1n) is 12.6. The molecule has 0 saturated carbocycles. The van der Waals surface area contributed by atoms with E-state index in [1.54, 1.807) is 86.6 Å². The molecule has 1 aromatic rings. The highest BCUT2D eigenvalue weighted by molar-refractivity contribution is 6.30. The van der Waals surface area contributed by atoms with Crippen molar-refractivity contribution in [2.75, 3.05) is 6.54 Å². The van der Waals surface area contributed by atoms with Crippen LogP contribution >= 0.6 is 11.6 Å². The molecule has 0 radical (unpaired) electrons. The second kappa shape index (κ2) is 14.2. The molecule has 1 unspecified atom stereocenters. The minimum absolute atomic E-state index is 0.122. The smallest absolute Gasteiger partial charge is 0.408 e. The molecule has 0 heterocycles. The molecule has 0 aliphatic rings. The second-order valence-electron chi connectivity index (χ2n) is 11.2. The Balaban J connectivity index is 3.32. The number of halogens is 1. The van der Waals surface area contributed by atoms with Crippen molar-refractivity contribution >= 4 is 35.7 Å². The molecule has 3 amide bonds. The molecule has 1 aromatic carbocycles. The highest BCUT2D eigenvalue weighted by atomic mass is 35.5. The van der Waals surface area contributed by atoms with E-state index < -0.39 is 59.4 Å². The fraction of sp³-hybridized carbons (Fsp3) is 0.630. The Morgan fingerprint density at radius 2 is 1.37 bits per heavy atom. The normalized spacial score (nSPS) is 14.1. The highest BCUT2D eigenvalue weighted by Crippen LogP contribution is 2.17. The minimum atomic E-state index is -1.44. The fourth-order valence-electron chi connectivity index (χ4n) is 3.29. The maximum absolute atomic E-state index is 13.3. The third-order valence-electron chi connectivity index (χ3n) is 4.88. The van der Waals surface area contributed by atoms with E-state index in [9.17, 15) is 19.2 Å². The first kappa shape index (κ1) is 33.0. The lowest BCUT2D eigenvalue weighted by Gasteiger charge is -2.31. The number of carbonyl (C=O) groups is 4. The molecule has 0 aliphatic heterocycles. The van der Waals surface area contributed by atoms with Gasteiger partial charge in [0.2, 0.25) is 6.10 Å². The van der Waals surface area contributed by atoms with E-state index >= 15 is 0 Å². The Labute approximate surface area is 230 Å². The fourth-order valence-corrected chi connectivity index (χ4v) is 3.42. The Morgan fingerprint density at radius 1 is 0.868 bits per heavy atom. The van der Waals surface area contributed by atoms with Crippen LogP contribution in [0.1, 0.15) is 67.9 Å². The third-order valence-corrected chi connectivity index (χ3v) is 5.13. The Hall–Kier alpha value is -3.01. The number of benzene rings is 1. The van der Waals surface area contributed by atoms with Gasteiger partial charge in [-0.2, -0.15) is 0 Å². The molecular weight excluding hydrogens is 514 g/mol. The first-order chi connectivity index (χ1) is 17.4. The summed E-state index contributed by atoms with van der Waals surface area (Å²) >= 11 is 6.01. The molecule has 214 valence electrons. The van der Waals surface area contributed by atoms with Gasteiger partial charge in [0.25, 0.3) is 5.91 Å². The standard InChI is InChI=1S/C27H42ClN3O7/c1-10-29-22(32)21(36-23(33)20(16(2)3)31-25(35)38-27(7,8)9)19(30-24(34)37-26(4,5)6)15-17-11-13-18(28)14-12-17/h11-14,16,19-21H,10,15H2,1-9H3,(H,29,32)(H,30,34)(H,31,35)/t19-,20-,21?/m0/s1. The molecule has 0 fully saturated rings. The number of nitrogens with one attached hydrogen (secondary N) is 3. The zero-order valence-electron chi connectivity index (χ0n) is 23.8. The molecule has 3 atom stereocenters. The van der Waals surface area contributed by atoms with Crippen molar-refractivity contribution < 1.29 is 33.4 Å². The topological polar surface area (TPSA) is 132 Å². The SMILES string of the molecule is CCNC(=O)C(OC(=O)[C@@H](NC(=O)OC(C)(C)C)C(C)C)[C@H](Cc1ccc(Cl)cc1)NC(=O)OC(C)(C)C. The lowest BCUT2D eigenvalue weighted by Crippen LogP contribution is -2.56. The molecular formula is C27H42ClN3O7. The summed E-state index contributed by atoms with van der Waals surface area (Å²) < 4.78 is 16.4. The summed E-state index contributed by atoms with van der Waals surface area (Å²) in [6, 6.07) is 4.71. The number of rotatable bonds is 10. The molecule has 0 spiro atoms. The summed E-state index contributed by atoms with van der Waals surface area (Å²) in [6.07, 6.45) is -2.90. The molecule has 11 heteroatoms. The maximum atomic E-state index is 13.3. The molecule has 1 rings (SSSR count). The van der Waals surface area contributed by atoms with Crippen LogP contribution in [0.15, 0.2) is 24.3 Å². The largest absolute Gasteiger partial charge is 0.448 e. The first-order valence-corrected chi connectivity index (χ1v) is 13.0. The predicted molar refractivity (Wildman–Crippen MR) is 145 cm³/mol. The highest BCUT2D eigenvalue weighted by Gasteiger charge is 2.37. The number of alkyl carbamates (subject to hydrolysis) is 2. The van der Waals surface area contributed by atoms with Crippen molar-refractivity contribution in [1.29, 1.82) is 0 Å². The summed E-state index contributed by atoms with van der Waals surface area (Å²) in [7, 11) is 0. The summed E-state index contributed by atoms with van der Waals surface area (Å²) in [5.41, 5.74) is -0.847. The van der Waals surface area contributed by atoms with Gasteiger partial charge in [-0.1, -0.05) is 37.6 Å². The summed E-state index contributed by atoms with van der Waals surface area (Å²) in [5.74, 6) is -1.86. The van der Waals surface area contributed by atoms with Crippen molar-refractivity contribution in [1.82, 2.24) is 16.0 Å². The average molecular weight is 556 g/mol. The van der Waals surface area contributed by atoms with Crippen LogP contribution in [-0.2, 0) is 30.2 Å². The molecule has 0 aliphatic carbocycles. The van der Waals surface area contributed by atoms with E-state index in [-0.39, 0.29) is 13.0 Å². The summed E-state index contributed by atoms with van der Waals surface area (Å²) in [4.78, 5) is 51.5. The van der Waals surface area contributed by atoms with Crippen molar-refractivity contribution in [3.8, 4) is 0 Å². The number of amides is 3. The van der Waals surface area contributed by atoms with Gasteiger partial charge >= 0.3 is 18.2 Å². The zero-order valence-corrected chi connectivity index (χ0v) is 24.5. The Bertz CT molecular complexity index is 953. The lowest BCUT2D eigenvalue weighted by molar-refractivity contribution is -0.160. The van der Waals surface area contributed by atoms with Crippen LogP contribution in [0.25, 0.3) is 0 Å². The van der Waals surface area contributed by atoms with E-state index in [1.165, 1.54) is 0 Å².